The number of nitrogens with one attached hydrogen (secondary N) is 1. The molecule has 1 amide bonds. The van der Waals surface area contributed by atoms with Gasteiger partial charge in [0.2, 0.25) is 0 Å². The fraction of sp³-hybridized carbons (Fsp3) is 0.600. The smallest absolute Gasteiger partial charge is 0.348 e. The Labute approximate surface area is 96.8 Å². The normalized spacial score (nSPS) is 13.5. The van der Waals surface area contributed by atoms with Crippen LogP contribution in [0.4, 0.5) is 13.2 Å². The van der Waals surface area contributed by atoms with E-state index in [1.54, 1.807) is 6.92 Å². The van der Waals surface area contributed by atoms with Crippen LogP contribution >= 0.6 is 0 Å². The molecule has 0 aliphatic heterocycles. The average molecular weight is 249 g/mol. The van der Waals surface area contributed by atoms with Gasteiger partial charge in [0.05, 0.1) is 0 Å². The highest BCUT2D eigenvalue weighted by Crippen LogP contribution is 2.29. The van der Waals surface area contributed by atoms with Crippen molar-refractivity contribution in [2.75, 3.05) is 0 Å². The number of aryl methyl sites for hydroxylation is 1. The first kappa shape index (κ1) is 13.5. The van der Waals surface area contributed by atoms with Crippen molar-refractivity contribution in [3.8, 4) is 0 Å². The van der Waals surface area contributed by atoms with Crippen LogP contribution in [-0.2, 0) is 13.2 Å². The van der Waals surface area contributed by atoms with Crippen molar-refractivity contribution in [3.63, 3.8) is 0 Å². The van der Waals surface area contributed by atoms with Gasteiger partial charge in [0.25, 0.3) is 5.91 Å². The lowest BCUT2D eigenvalue weighted by atomic mass is 10.2. The number of carbonyl (C=O) groups is 1. The molecular weight excluding hydrogens is 235 g/mol. The van der Waals surface area contributed by atoms with Crippen molar-refractivity contribution in [1.82, 2.24) is 15.1 Å². The Balaban J connectivity index is 2.91. The summed E-state index contributed by atoms with van der Waals surface area (Å²) in [6.45, 7) is 3.63. The van der Waals surface area contributed by atoms with Crippen LogP contribution in [0.15, 0.2) is 6.07 Å². The lowest BCUT2D eigenvalue weighted by Gasteiger charge is -2.09. The fourth-order valence-electron chi connectivity index (χ4n) is 1.24. The third kappa shape index (κ3) is 3.21. The number of alkyl halides is 3. The molecule has 0 aromatic carbocycles. The van der Waals surface area contributed by atoms with E-state index in [9.17, 15) is 18.0 Å². The summed E-state index contributed by atoms with van der Waals surface area (Å²) >= 11 is 0. The summed E-state index contributed by atoms with van der Waals surface area (Å²) in [5.74, 6) is -0.592. The van der Waals surface area contributed by atoms with Gasteiger partial charge in [-0.2, -0.15) is 18.3 Å². The van der Waals surface area contributed by atoms with Crippen LogP contribution in [0.2, 0.25) is 0 Å². The van der Waals surface area contributed by atoms with Crippen molar-refractivity contribution in [2.24, 2.45) is 7.05 Å². The highest BCUT2D eigenvalue weighted by molar-refractivity contribution is 5.92. The van der Waals surface area contributed by atoms with Crippen molar-refractivity contribution in [3.05, 3.63) is 17.5 Å². The van der Waals surface area contributed by atoms with Crippen LogP contribution < -0.4 is 5.32 Å². The van der Waals surface area contributed by atoms with Gasteiger partial charge >= 0.3 is 6.18 Å². The Morgan fingerprint density at radius 1 is 1.59 bits per heavy atom. The van der Waals surface area contributed by atoms with E-state index < -0.39 is 17.8 Å². The number of nitrogens with zero attached hydrogens (tertiary/aromatic N) is 2. The van der Waals surface area contributed by atoms with Crippen LogP contribution in [0.25, 0.3) is 0 Å². The molecule has 96 valence electrons. The Bertz CT molecular complexity index is 411. The molecule has 1 aromatic rings. The molecule has 0 aliphatic rings. The maximum Gasteiger partial charge on any atom is 0.433 e. The number of carbonyl (C=O) groups excluding carboxylic acids is 1. The van der Waals surface area contributed by atoms with Gasteiger partial charge in [-0.3, -0.25) is 9.48 Å². The molecule has 0 bridgehead atoms. The first-order chi connectivity index (χ1) is 7.75. The van der Waals surface area contributed by atoms with Crippen LogP contribution in [0.1, 0.15) is 36.5 Å². The number of rotatable bonds is 3. The van der Waals surface area contributed by atoms with Gasteiger partial charge in [0, 0.05) is 19.2 Å². The SMILES string of the molecule is CCC(C)NC(=O)c1cc(C(F)(F)F)n(C)n1. The van der Waals surface area contributed by atoms with Gasteiger partial charge < -0.3 is 5.32 Å². The molecule has 0 saturated heterocycles. The Hall–Kier alpha value is -1.53. The predicted octanol–water partition coefficient (Wildman–Crippen LogP) is 1.97. The topological polar surface area (TPSA) is 46.9 Å². The van der Waals surface area contributed by atoms with Crippen molar-refractivity contribution < 1.29 is 18.0 Å². The lowest BCUT2D eigenvalue weighted by Crippen LogP contribution is -2.32. The highest BCUT2D eigenvalue weighted by atomic mass is 19.4. The summed E-state index contributed by atoms with van der Waals surface area (Å²) < 4.78 is 38.0. The zero-order valence-corrected chi connectivity index (χ0v) is 9.80. The van der Waals surface area contributed by atoms with Crippen LogP contribution in [0.3, 0.4) is 0 Å². The maximum absolute atomic E-state index is 12.5. The molecule has 1 rings (SSSR count). The van der Waals surface area contributed by atoms with Crippen molar-refractivity contribution >= 4 is 5.91 Å². The van der Waals surface area contributed by atoms with Crippen LogP contribution in [0, 0.1) is 0 Å². The molecule has 0 aliphatic carbocycles. The molecule has 7 heteroatoms. The van der Waals surface area contributed by atoms with E-state index >= 15 is 0 Å². The van der Waals surface area contributed by atoms with Gasteiger partial charge in [-0.25, -0.2) is 0 Å². The quantitative estimate of drug-likeness (QED) is 0.890. The largest absolute Gasteiger partial charge is 0.433 e. The van der Waals surface area contributed by atoms with E-state index in [-0.39, 0.29) is 11.7 Å². The molecule has 1 atom stereocenters. The molecule has 0 fully saturated rings. The second-order valence-corrected chi connectivity index (χ2v) is 3.82. The van der Waals surface area contributed by atoms with Gasteiger partial charge in [0.1, 0.15) is 5.69 Å². The second-order valence-electron chi connectivity index (χ2n) is 3.82. The third-order valence-corrected chi connectivity index (χ3v) is 2.39. The summed E-state index contributed by atoms with van der Waals surface area (Å²) in [7, 11) is 1.16. The van der Waals surface area contributed by atoms with E-state index in [1.807, 2.05) is 6.92 Å². The molecule has 0 spiro atoms. The van der Waals surface area contributed by atoms with Gasteiger partial charge in [-0.15, -0.1) is 0 Å². The summed E-state index contributed by atoms with van der Waals surface area (Å²) in [4.78, 5) is 11.6. The Kier molecular flexibility index (Phi) is 3.79. The highest BCUT2D eigenvalue weighted by Gasteiger charge is 2.35. The molecule has 1 N–H and O–H groups in total. The monoisotopic (exact) mass is 249 g/mol. The van der Waals surface area contributed by atoms with Gasteiger partial charge in [-0.1, -0.05) is 6.92 Å². The molecular formula is C10H14F3N3O. The molecule has 17 heavy (non-hydrogen) atoms. The van der Waals surface area contributed by atoms with Crippen LogP contribution in [-0.4, -0.2) is 21.7 Å². The summed E-state index contributed by atoms with van der Waals surface area (Å²) in [5, 5.41) is 6.10. The van der Waals surface area contributed by atoms with E-state index in [4.69, 9.17) is 0 Å². The zero-order valence-electron chi connectivity index (χ0n) is 9.80. The molecule has 0 saturated carbocycles. The predicted molar refractivity (Wildman–Crippen MR) is 55.4 cm³/mol. The first-order valence-corrected chi connectivity index (χ1v) is 5.17. The average Bonchev–Trinajstić information content (AvgIpc) is 2.59. The fourth-order valence-corrected chi connectivity index (χ4v) is 1.24. The number of aromatic nitrogens is 2. The van der Waals surface area contributed by atoms with Crippen LogP contribution in [0.5, 0.6) is 0 Å². The molecule has 1 unspecified atom stereocenters. The lowest BCUT2D eigenvalue weighted by molar-refractivity contribution is -0.143. The van der Waals surface area contributed by atoms with Gasteiger partial charge in [0.15, 0.2) is 5.69 Å². The van der Waals surface area contributed by atoms with Crippen molar-refractivity contribution in [1.29, 1.82) is 0 Å². The van der Waals surface area contributed by atoms with E-state index in [0.29, 0.717) is 11.1 Å². The van der Waals surface area contributed by atoms with E-state index in [0.717, 1.165) is 13.1 Å². The minimum absolute atomic E-state index is 0.0983. The third-order valence-electron chi connectivity index (χ3n) is 2.39. The van der Waals surface area contributed by atoms with E-state index in [2.05, 4.69) is 10.4 Å². The second kappa shape index (κ2) is 4.77. The van der Waals surface area contributed by atoms with Gasteiger partial charge in [-0.05, 0) is 13.3 Å². The summed E-state index contributed by atoms with van der Waals surface area (Å²) in [5.41, 5.74) is -1.16. The molecule has 4 nitrogen and oxygen atoms in total. The van der Waals surface area contributed by atoms with Crippen molar-refractivity contribution in [2.45, 2.75) is 32.5 Å². The maximum atomic E-state index is 12.5. The Morgan fingerprint density at radius 3 is 2.59 bits per heavy atom. The number of amides is 1. The number of hydrogen-bond donors (Lipinski definition) is 1. The first-order valence-electron chi connectivity index (χ1n) is 5.17. The molecule has 0 radical (unpaired) electrons. The van der Waals surface area contributed by atoms with E-state index in [1.165, 1.54) is 0 Å². The minimum Gasteiger partial charge on any atom is -0.348 e. The Morgan fingerprint density at radius 2 is 2.18 bits per heavy atom. The number of halogens is 3. The molecule has 1 aromatic heterocycles. The summed E-state index contributed by atoms with van der Waals surface area (Å²) in [6.07, 6.45) is -3.80. The number of hydrogen-bond acceptors (Lipinski definition) is 2. The minimum atomic E-state index is -4.50. The molecule has 1 heterocycles. The summed E-state index contributed by atoms with van der Waals surface area (Å²) in [6, 6.07) is 0.649. The zero-order chi connectivity index (χ0) is 13.2. The standard InChI is InChI=1S/C10H14F3N3O/c1-4-6(2)14-9(17)7-5-8(10(11,12)13)16(3)15-7/h5-6H,4H2,1-3H3,(H,14,17).